The Morgan fingerprint density at radius 1 is 1.79 bits per heavy atom. The summed E-state index contributed by atoms with van der Waals surface area (Å²) in [6.45, 7) is 2.63. The van der Waals surface area contributed by atoms with Crippen LogP contribution in [0.1, 0.15) is 13.3 Å². The van der Waals surface area contributed by atoms with E-state index in [0.29, 0.717) is 15.9 Å². The Hall–Kier alpha value is -0.300. The number of alkyl halides is 1. The Morgan fingerprint density at radius 2 is 2.50 bits per heavy atom. The highest BCUT2D eigenvalue weighted by Crippen LogP contribution is 2.10. The molecule has 1 atom stereocenters. The van der Waals surface area contributed by atoms with Crippen LogP contribution in [0.3, 0.4) is 0 Å². The van der Waals surface area contributed by atoms with Gasteiger partial charge in [0, 0.05) is 6.54 Å². The van der Waals surface area contributed by atoms with Crippen LogP contribution in [0.4, 0.5) is 5.82 Å². The molecular formula is C8H11ClIN3O. The second kappa shape index (κ2) is 5.55. The molecule has 1 aromatic rings. The molecule has 0 aromatic carbocycles. The molecule has 4 nitrogen and oxygen atoms in total. The molecule has 1 heterocycles. The van der Waals surface area contributed by atoms with Crippen LogP contribution in [0.5, 0.6) is 0 Å². The summed E-state index contributed by atoms with van der Waals surface area (Å²) in [7, 11) is 0. The molecule has 0 aliphatic heterocycles. The topological polar surface area (TPSA) is 57.8 Å². The van der Waals surface area contributed by atoms with Gasteiger partial charge in [-0.25, -0.2) is 4.98 Å². The minimum atomic E-state index is -0.134. The van der Waals surface area contributed by atoms with Crippen molar-refractivity contribution in [3.63, 3.8) is 0 Å². The molecule has 6 heteroatoms. The number of anilines is 1. The number of aromatic amines is 1. The summed E-state index contributed by atoms with van der Waals surface area (Å²) in [5.41, 5.74) is -0.134. The Balaban J connectivity index is 2.68. The molecule has 1 aromatic heterocycles. The van der Waals surface area contributed by atoms with Crippen molar-refractivity contribution in [3.05, 3.63) is 20.3 Å². The van der Waals surface area contributed by atoms with Crippen LogP contribution in [0.15, 0.2) is 11.1 Å². The predicted octanol–water partition coefficient (Wildman–Crippen LogP) is 1.80. The highest BCUT2D eigenvalue weighted by atomic mass is 127. The van der Waals surface area contributed by atoms with E-state index < -0.39 is 0 Å². The number of hydrogen-bond acceptors (Lipinski definition) is 3. The number of aromatic nitrogens is 2. The van der Waals surface area contributed by atoms with Crippen molar-refractivity contribution in [2.75, 3.05) is 11.9 Å². The third-order valence-electron chi connectivity index (χ3n) is 1.73. The lowest BCUT2D eigenvalue weighted by Gasteiger charge is -2.09. The first-order valence-corrected chi connectivity index (χ1v) is 5.77. The van der Waals surface area contributed by atoms with Gasteiger partial charge in [0.15, 0.2) is 0 Å². The molecule has 14 heavy (non-hydrogen) atoms. The van der Waals surface area contributed by atoms with Crippen LogP contribution < -0.4 is 10.9 Å². The van der Waals surface area contributed by atoms with Gasteiger partial charge in [-0.3, -0.25) is 4.79 Å². The minimum Gasteiger partial charge on any atom is -0.367 e. The second-order valence-corrected chi connectivity index (χ2v) is 4.48. The largest absolute Gasteiger partial charge is 0.367 e. The second-order valence-electron chi connectivity index (χ2n) is 2.78. The molecule has 0 amide bonds. The molecule has 0 aliphatic rings. The highest BCUT2D eigenvalue weighted by Gasteiger charge is 2.06. The molecular weight excluding hydrogens is 316 g/mol. The van der Waals surface area contributed by atoms with Crippen LogP contribution in [0, 0.1) is 3.57 Å². The Labute approximate surface area is 101 Å². The molecule has 0 fully saturated rings. The van der Waals surface area contributed by atoms with Gasteiger partial charge in [-0.1, -0.05) is 6.92 Å². The van der Waals surface area contributed by atoms with Gasteiger partial charge in [-0.15, -0.1) is 11.6 Å². The monoisotopic (exact) mass is 327 g/mol. The van der Waals surface area contributed by atoms with Crippen LogP contribution in [-0.2, 0) is 0 Å². The van der Waals surface area contributed by atoms with Crippen molar-refractivity contribution in [2.24, 2.45) is 0 Å². The first-order valence-electron chi connectivity index (χ1n) is 4.26. The van der Waals surface area contributed by atoms with Crippen LogP contribution in [-0.4, -0.2) is 21.9 Å². The minimum absolute atomic E-state index is 0.0619. The summed E-state index contributed by atoms with van der Waals surface area (Å²) in [6, 6.07) is 0. The van der Waals surface area contributed by atoms with Gasteiger partial charge in [0.25, 0.3) is 5.56 Å². The molecule has 0 aliphatic carbocycles. The third kappa shape index (κ3) is 3.13. The number of halogens is 2. The van der Waals surface area contributed by atoms with E-state index in [2.05, 4.69) is 15.3 Å². The SMILES string of the molecule is CCC(Cl)CNc1nc[nH]c(=O)c1I. The average Bonchev–Trinajstić information content (AvgIpc) is 2.20. The van der Waals surface area contributed by atoms with Crippen molar-refractivity contribution in [2.45, 2.75) is 18.7 Å². The zero-order chi connectivity index (χ0) is 10.6. The normalized spacial score (nSPS) is 12.5. The first kappa shape index (κ1) is 11.8. The van der Waals surface area contributed by atoms with Crippen molar-refractivity contribution in [3.8, 4) is 0 Å². The van der Waals surface area contributed by atoms with E-state index in [9.17, 15) is 4.79 Å². The fraction of sp³-hybridized carbons (Fsp3) is 0.500. The van der Waals surface area contributed by atoms with E-state index in [1.165, 1.54) is 6.33 Å². The zero-order valence-electron chi connectivity index (χ0n) is 7.68. The lowest BCUT2D eigenvalue weighted by atomic mass is 10.3. The van der Waals surface area contributed by atoms with E-state index in [0.717, 1.165) is 6.42 Å². The number of H-pyrrole nitrogens is 1. The standard InChI is InChI=1S/C8H11ClIN3O/c1-2-5(9)3-11-7-6(10)8(14)13-4-12-7/h4-5H,2-3H2,1H3,(H2,11,12,13,14). The number of nitrogens with one attached hydrogen (secondary N) is 2. The first-order chi connectivity index (χ1) is 6.65. The molecule has 0 saturated heterocycles. The van der Waals surface area contributed by atoms with E-state index in [1.807, 2.05) is 29.5 Å². The molecule has 1 rings (SSSR count). The third-order valence-corrected chi connectivity index (χ3v) is 3.19. The van der Waals surface area contributed by atoms with Crippen molar-refractivity contribution in [1.82, 2.24) is 9.97 Å². The Bertz CT molecular complexity index is 355. The van der Waals surface area contributed by atoms with E-state index in [4.69, 9.17) is 11.6 Å². The summed E-state index contributed by atoms with van der Waals surface area (Å²) < 4.78 is 0.560. The van der Waals surface area contributed by atoms with E-state index in [-0.39, 0.29) is 10.9 Å². The van der Waals surface area contributed by atoms with Gasteiger partial charge in [0.05, 0.1) is 11.7 Å². The lowest BCUT2D eigenvalue weighted by molar-refractivity contribution is 0.838. The maximum atomic E-state index is 11.2. The molecule has 2 N–H and O–H groups in total. The highest BCUT2D eigenvalue weighted by molar-refractivity contribution is 14.1. The Morgan fingerprint density at radius 3 is 3.14 bits per heavy atom. The molecule has 0 radical (unpaired) electrons. The number of hydrogen-bond donors (Lipinski definition) is 2. The number of rotatable bonds is 4. The van der Waals surface area contributed by atoms with Crippen LogP contribution in [0.25, 0.3) is 0 Å². The molecule has 0 spiro atoms. The molecule has 78 valence electrons. The Kier molecular flexibility index (Phi) is 4.67. The summed E-state index contributed by atoms with van der Waals surface area (Å²) >= 11 is 7.88. The molecule has 0 bridgehead atoms. The van der Waals surface area contributed by atoms with Crippen LogP contribution in [0.2, 0.25) is 0 Å². The summed E-state index contributed by atoms with van der Waals surface area (Å²) in [6.07, 6.45) is 2.26. The number of nitrogens with zero attached hydrogens (tertiary/aromatic N) is 1. The summed E-state index contributed by atoms with van der Waals surface area (Å²) in [4.78, 5) is 17.7. The predicted molar refractivity (Wildman–Crippen MR) is 66.0 cm³/mol. The average molecular weight is 328 g/mol. The smallest absolute Gasteiger partial charge is 0.266 e. The fourth-order valence-corrected chi connectivity index (χ4v) is 1.42. The fourth-order valence-electron chi connectivity index (χ4n) is 0.858. The van der Waals surface area contributed by atoms with Crippen molar-refractivity contribution < 1.29 is 0 Å². The maximum Gasteiger partial charge on any atom is 0.266 e. The van der Waals surface area contributed by atoms with Gasteiger partial charge in [0.2, 0.25) is 0 Å². The van der Waals surface area contributed by atoms with Crippen molar-refractivity contribution >= 4 is 40.0 Å². The summed E-state index contributed by atoms with van der Waals surface area (Å²) in [5, 5.41) is 3.10. The molecule has 0 saturated carbocycles. The van der Waals surface area contributed by atoms with Gasteiger partial charge >= 0.3 is 0 Å². The van der Waals surface area contributed by atoms with Gasteiger partial charge < -0.3 is 10.3 Å². The molecule has 1 unspecified atom stereocenters. The van der Waals surface area contributed by atoms with Crippen molar-refractivity contribution in [1.29, 1.82) is 0 Å². The van der Waals surface area contributed by atoms with Gasteiger partial charge in [0.1, 0.15) is 9.39 Å². The lowest BCUT2D eigenvalue weighted by Crippen LogP contribution is -2.19. The zero-order valence-corrected chi connectivity index (χ0v) is 10.6. The quantitative estimate of drug-likeness (QED) is 0.655. The van der Waals surface area contributed by atoms with Gasteiger partial charge in [-0.05, 0) is 29.0 Å². The maximum absolute atomic E-state index is 11.2. The van der Waals surface area contributed by atoms with E-state index in [1.54, 1.807) is 0 Å². The van der Waals surface area contributed by atoms with E-state index >= 15 is 0 Å². The summed E-state index contributed by atoms with van der Waals surface area (Å²) in [5.74, 6) is 0.591. The van der Waals surface area contributed by atoms with Crippen LogP contribution >= 0.6 is 34.2 Å². The van der Waals surface area contributed by atoms with Gasteiger partial charge in [-0.2, -0.15) is 0 Å².